The summed E-state index contributed by atoms with van der Waals surface area (Å²) in [4.78, 5) is 28.4. The minimum Gasteiger partial charge on any atom is -0.351 e. The quantitative estimate of drug-likeness (QED) is 0.447. The zero-order valence-corrected chi connectivity index (χ0v) is 19.7. The molecule has 0 saturated heterocycles. The molecule has 7 heteroatoms. The lowest BCUT2D eigenvalue weighted by molar-refractivity contribution is -0.114. The molecule has 0 fully saturated rings. The molecule has 166 valence electrons. The van der Waals surface area contributed by atoms with E-state index in [1.165, 1.54) is 24.2 Å². The molecular weight excluding hydrogens is 442 g/mol. The predicted octanol–water partition coefficient (Wildman–Crippen LogP) is 5.31. The lowest BCUT2D eigenvalue weighted by atomic mass is 10.2. The number of halogens is 1. The lowest BCUT2D eigenvalue weighted by Crippen LogP contribution is -2.32. The highest BCUT2D eigenvalue weighted by Gasteiger charge is 2.12. The van der Waals surface area contributed by atoms with E-state index in [4.69, 9.17) is 11.6 Å². The average molecular weight is 468 g/mol. The maximum Gasteiger partial charge on any atom is 0.251 e. The fraction of sp³-hybridized carbons (Fsp3) is 0.200. The molecule has 2 N–H and O–H groups in total. The van der Waals surface area contributed by atoms with Crippen molar-refractivity contribution in [3.63, 3.8) is 0 Å². The molecule has 0 unspecified atom stereocenters. The Labute approximate surface area is 198 Å². The summed E-state index contributed by atoms with van der Waals surface area (Å²) < 4.78 is 0. The Hall–Kier alpha value is -2.80. The van der Waals surface area contributed by atoms with Crippen molar-refractivity contribution in [2.45, 2.75) is 23.3 Å². The molecule has 0 aromatic heterocycles. The van der Waals surface area contributed by atoms with Crippen LogP contribution in [-0.4, -0.2) is 36.9 Å². The second-order valence-electron chi connectivity index (χ2n) is 7.43. The Morgan fingerprint density at radius 3 is 2.41 bits per heavy atom. The number of hydrogen-bond acceptors (Lipinski definition) is 4. The summed E-state index contributed by atoms with van der Waals surface area (Å²) in [5, 5.41) is 6.45. The molecule has 2 amide bonds. The molecule has 0 aliphatic carbocycles. The van der Waals surface area contributed by atoms with E-state index in [9.17, 15) is 9.59 Å². The van der Waals surface area contributed by atoms with Crippen LogP contribution in [0, 0.1) is 0 Å². The first kappa shape index (κ1) is 23.9. The topological polar surface area (TPSA) is 61.4 Å². The van der Waals surface area contributed by atoms with Crippen LogP contribution in [0.1, 0.15) is 22.8 Å². The number of carbonyl (C=O) groups is 2. The van der Waals surface area contributed by atoms with Gasteiger partial charge in [-0.2, -0.15) is 0 Å². The molecule has 3 aromatic rings. The van der Waals surface area contributed by atoms with Crippen molar-refractivity contribution in [3.05, 3.63) is 88.9 Å². The summed E-state index contributed by atoms with van der Waals surface area (Å²) in [6.07, 6.45) is 0. The minimum atomic E-state index is -0.192. The third-order valence-corrected chi connectivity index (χ3v) is 6.00. The number of hydrogen-bond donors (Lipinski definition) is 2. The van der Waals surface area contributed by atoms with Crippen molar-refractivity contribution >= 4 is 40.9 Å². The van der Waals surface area contributed by atoms with Crippen molar-refractivity contribution in [2.75, 3.05) is 25.5 Å². The first-order chi connectivity index (χ1) is 15.4. The SMILES string of the molecule is CC(=O)Nc1cc(C(=O)NCCN(C)Cc2ccccc2)ccc1Sc1ccc(Cl)cc1. The van der Waals surface area contributed by atoms with Crippen molar-refractivity contribution < 1.29 is 9.59 Å². The van der Waals surface area contributed by atoms with Gasteiger partial charge in [0.1, 0.15) is 0 Å². The number of benzene rings is 3. The van der Waals surface area contributed by atoms with Crippen LogP contribution in [0.3, 0.4) is 0 Å². The van der Waals surface area contributed by atoms with Gasteiger partial charge >= 0.3 is 0 Å². The van der Waals surface area contributed by atoms with Crippen LogP contribution >= 0.6 is 23.4 Å². The van der Waals surface area contributed by atoms with E-state index >= 15 is 0 Å². The molecule has 0 radical (unpaired) electrons. The van der Waals surface area contributed by atoms with Gasteiger partial charge < -0.3 is 15.5 Å². The molecule has 5 nitrogen and oxygen atoms in total. The van der Waals surface area contributed by atoms with Gasteiger partial charge in [0.25, 0.3) is 5.91 Å². The molecule has 0 aliphatic heterocycles. The Morgan fingerprint density at radius 1 is 1.00 bits per heavy atom. The minimum absolute atomic E-state index is 0.173. The van der Waals surface area contributed by atoms with E-state index in [0.717, 1.165) is 22.9 Å². The van der Waals surface area contributed by atoms with Crippen molar-refractivity contribution in [3.8, 4) is 0 Å². The fourth-order valence-corrected chi connectivity index (χ4v) is 4.12. The smallest absolute Gasteiger partial charge is 0.251 e. The Balaban J connectivity index is 1.61. The van der Waals surface area contributed by atoms with Crippen molar-refractivity contribution in [1.29, 1.82) is 0 Å². The maximum atomic E-state index is 12.7. The number of nitrogens with zero attached hydrogens (tertiary/aromatic N) is 1. The van der Waals surface area contributed by atoms with Crippen LogP contribution in [0.25, 0.3) is 0 Å². The molecule has 0 atom stereocenters. The zero-order valence-electron chi connectivity index (χ0n) is 18.1. The van der Waals surface area contributed by atoms with Gasteiger partial charge in [0, 0.05) is 46.9 Å². The van der Waals surface area contributed by atoms with Crippen molar-refractivity contribution in [2.24, 2.45) is 0 Å². The number of anilines is 1. The van der Waals surface area contributed by atoms with Crippen LogP contribution in [0.4, 0.5) is 5.69 Å². The molecule has 3 aromatic carbocycles. The Kier molecular flexibility index (Phi) is 8.73. The molecule has 32 heavy (non-hydrogen) atoms. The summed E-state index contributed by atoms with van der Waals surface area (Å²) in [5.41, 5.74) is 2.33. The third-order valence-electron chi connectivity index (χ3n) is 4.67. The second-order valence-corrected chi connectivity index (χ2v) is 8.98. The van der Waals surface area contributed by atoms with Crippen LogP contribution in [0.5, 0.6) is 0 Å². The van der Waals surface area contributed by atoms with Gasteiger partial charge in [-0.3, -0.25) is 9.59 Å². The largest absolute Gasteiger partial charge is 0.351 e. The molecule has 3 rings (SSSR count). The summed E-state index contributed by atoms with van der Waals surface area (Å²) >= 11 is 7.45. The molecule has 0 aliphatic rings. The van der Waals surface area contributed by atoms with Crippen LogP contribution < -0.4 is 10.6 Å². The number of carbonyl (C=O) groups excluding carboxylic acids is 2. The monoisotopic (exact) mass is 467 g/mol. The Morgan fingerprint density at radius 2 is 1.72 bits per heavy atom. The summed E-state index contributed by atoms with van der Waals surface area (Å²) in [6, 6.07) is 23.0. The third kappa shape index (κ3) is 7.41. The van der Waals surface area contributed by atoms with E-state index in [2.05, 4.69) is 27.7 Å². The van der Waals surface area contributed by atoms with Crippen molar-refractivity contribution in [1.82, 2.24) is 10.2 Å². The molecule has 0 bridgehead atoms. The number of nitrogens with one attached hydrogen (secondary N) is 2. The van der Waals surface area contributed by atoms with Gasteiger partial charge in [-0.25, -0.2) is 0 Å². The molecule has 0 spiro atoms. The molecular formula is C25H26ClN3O2S. The number of likely N-dealkylation sites (N-methyl/N-ethyl adjacent to an activating group) is 1. The van der Waals surface area contributed by atoms with Gasteiger partial charge in [0.15, 0.2) is 0 Å². The lowest BCUT2D eigenvalue weighted by Gasteiger charge is -2.17. The van der Waals surface area contributed by atoms with Crippen LogP contribution in [0.15, 0.2) is 82.6 Å². The van der Waals surface area contributed by atoms with Gasteiger partial charge in [0.05, 0.1) is 5.69 Å². The highest BCUT2D eigenvalue weighted by molar-refractivity contribution is 7.99. The van der Waals surface area contributed by atoms with Gasteiger partial charge in [0.2, 0.25) is 5.91 Å². The van der Waals surface area contributed by atoms with Crippen LogP contribution in [0.2, 0.25) is 5.02 Å². The fourth-order valence-electron chi connectivity index (χ4n) is 3.11. The maximum absolute atomic E-state index is 12.7. The van der Waals surface area contributed by atoms with E-state index < -0.39 is 0 Å². The first-order valence-corrected chi connectivity index (χ1v) is 11.5. The highest BCUT2D eigenvalue weighted by Crippen LogP contribution is 2.34. The average Bonchev–Trinajstić information content (AvgIpc) is 2.76. The Bertz CT molecular complexity index is 1060. The summed E-state index contributed by atoms with van der Waals surface area (Å²) in [6.45, 7) is 3.52. The van der Waals surface area contributed by atoms with Crippen LogP contribution in [-0.2, 0) is 11.3 Å². The molecule has 0 saturated carbocycles. The normalized spacial score (nSPS) is 10.8. The first-order valence-electron chi connectivity index (χ1n) is 10.3. The number of rotatable bonds is 9. The highest BCUT2D eigenvalue weighted by atomic mass is 35.5. The van der Waals surface area contributed by atoms with Gasteiger partial charge in [-0.05, 0) is 55.1 Å². The summed E-state index contributed by atoms with van der Waals surface area (Å²) in [7, 11) is 2.02. The predicted molar refractivity (Wildman–Crippen MR) is 131 cm³/mol. The van der Waals surface area contributed by atoms with E-state index in [1.807, 2.05) is 55.6 Å². The van der Waals surface area contributed by atoms with E-state index in [0.29, 0.717) is 22.8 Å². The molecule has 0 heterocycles. The van der Waals surface area contributed by atoms with E-state index in [1.54, 1.807) is 12.1 Å². The van der Waals surface area contributed by atoms with Gasteiger partial charge in [-0.1, -0.05) is 53.7 Å². The zero-order chi connectivity index (χ0) is 22.9. The van der Waals surface area contributed by atoms with Gasteiger partial charge in [-0.15, -0.1) is 0 Å². The second kappa shape index (κ2) is 11.7. The standard InChI is InChI=1S/C25H26ClN3O2S/c1-18(30)28-23-16-20(8-13-24(23)32-22-11-9-21(26)10-12-22)25(31)27-14-15-29(2)17-19-6-4-3-5-7-19/h3-13,16H,14-15,17H2,1-2H3,(H,27,31)(H,28,30). The number of amides is 2. The summed E-state index contributed by atoms with van der Waals surface area (Å²) in [5.74, 6) is -0.365. The van der Waals surface area contributed by atoms with E-state index in [-0.39, 0.29) is 11.8 Å².